The Bertz CT molecular complexity index is 1140. The lowest BCUT2D eigenvalue weighted by Crippen LogP contribution is -2.28. The summed E-state index contributed by atoms with van der Waals surface area (Å²) in [5.41, 5.74) is 1.47. The second-order valence-electron chi connectivity index (χ2n) is 8.16. The number of aryl methyl sites for hydroxylation is 1. The van der Waals surface area contributed by atoms with Crippen LogP contribution in [0.2, 0.25) is 0 Å². The van der Waals surface area contributed by atoms with Gasteiger partial charge >= 0.3 is 6.18 Å². The highest BCUT2D eigenvalue weighted by Gasteiger charge is 2.34. The Balaban J connectivity index is 1.53. The molecule has 11 heteroatoms. The maximum Gasteiger partial charge on any atom is 0.451 e. The first-order valence-electron chi connectivity index (χ1n) is 10.8. The summed E-state index contributed by atoms with van der Waals surface area (Å²) in [4.78, 5) is 25.2. The molecule has 34 heavy (non-hydrogen) atoms. The number of aromatic nitrogens is 3. The van der Waals surface area contributed by atoms with Crippen LogP contribution in [0.5, 0.6) is 5.75 Å². The number of carbonyl (C=O) groups excluding carboxylic acids is 1. The zero-order valence-corrected chi connectivity index (χ0v) is 19.5. The average Bonchev–Trinajstić information content (AvgIpc) is 3.49. The van der Waals surface area contributed by atoms with Gasteiger partial charge in [0.15, 0.2) is 0 Å². The minimum absolute atomic E-state index is 0.266. The second kappa shape index (κ2) is 10.1. The predicted octanol–water partition coefficient (Wildman–Crippen LogP) is 4.55. The van der Waals surface area contributed by atoms with Crippen molar-refractivity contribution in [2.24, 2.45) is 0 Å². The van der Waals surface area contributed by atoms with Gasteiger partial charge in [-0.2, -0.15) is 13.2 Å². The van der Waals surface area contributed by atoms with Gasteiger partial charge in [0.25, 0.3) is 5.91 Å². The fourth-order valence-electron chi connectivity index (χ4n) is 3.59. The zero-order valence-electron chi connectivity index (χ0n) is 18.6. The highest BCUT2D eigenvalue weighted by Crippen LogP contribution is 2.30. The highest BCUT2D eigenvalue weighted by molar-refractivity contribution is 7.14. The Kier molecular flexibility index (Phi) is 7.13. The standard InChI is InChI=1S/C23H24F3N5O2S/c1-13-9-28-21(34-13)16-6-15(7-19(8-16)33-12-18-4-3-5-27-18)20(32)31-14(2)17-10-29-22(30-11-17)23(24,25)26/h6-11,14,18,27H,3-5,12H2,1-2H3,(H,31,32)/t14?,18-/m1/s1. The van der Waals surface area contributed by atoms with Crippen molar-refractivity contribution in [3.63, 3.8) is 0 Å². The van der Waals surface area contributed by atoms with Crippen LogP contribution in [-0.2, 0) is 6.18 Å². The van der Waals surface area contributed by atoms with E-state index in [9.17, 15) is 18.0 Å². The van der Waals surface area contributed by atoms with Gasteiger partial charge < -0.3 is 15.4 Å². The number of nitrogens with zero attached hydrogens (tertiary/aromatic N) is 3. The molecule has 0 saturated carbocycles. The van der Waals surface area contributed by atoms with Crippen molar-refractivity contribution in [3.8, 4) is 16.3 Å². The molecule has 1 amide bonds. The van der Waals surface area contributed by atoms with E-state index in [1.54, 1.807) is 25.3 Å². The van der Waals surface area contributed by atoms with Gasteiger partial charge in [0.05, 0.1) is 6.04 Å². The van der Waals surface area contributed by atoms with Gasteiger partial charge in [0, 0.05) is 46.2 Å². The summed E-state index contributed by atoms with van der Waals surface area (Å²) < 4.78 is 44.1. The molecule has 1 saturated heterocycles. The van der Waals surface area contributed by atoms with Crippen molar-refractivity contribution < 1.29 is 22.7 Å². The summed E-state index contributed by atoms with van der Waals surface area (Å²) in [5, 5.41) is 6.93. The van der Waals surface area contributed by atoms with Crippen LogP contribution in [0.3, 0.4) is 0 Å². The number of ether oxygens (including phenoxy) is 1. The molecule has 1 fully saturated rings. The zero-order chi connectivity index (χ0) is 24.3. The molecule has 0 radical (unpaired) electrons. The summed E-state index contributed by atoms with van der Waals surface area (Å²) in [6.45, 7) is 5.06. The molecule has 1 aliphatic rings. The van der Waals surface area contributed by atoms with Gasteiger partial charge in [0.1, 0.15) is 17.4 Å². The van der Waals surface area contributed by atoms with Crippen LogP contribution in [-0.4, -0.2) is 40.1 Å². The van der Waals surface area contributed by atoms with E-state index in [2.05, 4.69) is 25.6 Å². The maximum atomic E-state index is 13.0. The SMILES string of the molecule is Cc1cnc(-c2cc(OC[C@H]3CCCN3)cc(C(=O)NC(C)c3cnc(C(F)(F)F)nc3)c2)s1. The molecule has 3 heterocycles. The van der Waals surface area contributed by atoms with E-state index in [0.29, 0.717) is 23.5 Å². The number of amides is 1. The Hall–Kier alpha value is -3.05. The molecule has 0 spiro atoms. The number of carbonyl (C=O) groups is 1. The van der Waals surface area contributed by atoms with Gasteiger partial charge in [-0.05, 0) is 51.4 Å². The maximum absolute atomic E-state index is 13.0. The first-order chi connectivity index (χ1) is 16.2. The smallest absolute Gasteiger partial charge is 0.451 e. The van der Waals surface area contributed by atoms with Crippen molar-refractivity contribution in [3.05, 3.63) is 58.6 Å². The van der Waals surface area contributed by atoms with E-state index >= 15 is 0 Å². The molecule has 1 aromatic carbocycles. The number of hydrogen-bond acceptors (Lipinski definition) is 7. The first kappa shape index (κ1) is 24.1. The Labute approximate surface area is 198 Å². The van der Waals surface area contributed by atoms with Crippen LogP contribution in [0, 0.1) is 6.92 Å². The summed E-state index contributed by atoms with van der Waals surface area (Å²) in [6, 6.07) is 4.90. The molecule has 1 aliphatic heterocycles. The lowest BCUT2D eigenvalue weighted by Gasteiger charge is -2.16. The van der Waals surface area contributed by atoms with Crippen molar-refractivity contribution >= 4 is 17.2 Å². The molecule has 7 nitrogen and oxygen atoms in total. The van der Waals surface area contributed by atoms with Gasteiger partial charge in [-0.15, -0.1) is 11.3 Å². The minimum Gasteiger partial charge on any atom is -0.492 e. The van der Waals surface area contributed by atoms with E-state index in [4.69, 9.17) is 4.74 Å². The highest BCUT2D eigenvalue weighted by atomic mass is 32.1. The van der Waals surface area contributed by atoms with Gasteiger partial charge in [-0.3, -0.25) is 4.79 Å². The molecule has 180 valence electrons. The van der Waals surface area contributed by atoms with E-state index in [1.165, 1.54) is 11.3 Å². The van der Waals surface area contributed by atoms with Crippen molar-refractivity contribution in [2.45, 2.75) is 44.9 Å². The molecule has 3 aromatic rings. The van der Waals surface area contributed by atoms with Crippen LogP contribution in [0.4, 0.5) is 13.2 Å². The second-order valence-corrected chi connectivity index (χ2v) is 9.39. The van der Waals surface area contributed by atoms with E-state index in [0.717, 1.165) is 47.2 Å². The number of nitrogens with one attached hydrogen (secondary N) is 2. The Morgan fingerprint density at radius 2 is 2.00 bits per heavy atom. The third kappa shape index (κ3) is 5.89. The first-order valence-corrected chi connectivity index (χ1v) is 11.6. The van der Waals surface area contributed by atoms with Crippen LogP contribution in [0.25, 0.3) is 10.6 Å². The summed E-state index contributed by atoms with van der Waals surface area (Å²) in [5.74, 6) is -1.07. The lowest BCUT2D eigenvalue weighted by atomic mass is 10.1. The average molecular weight is 492 g/mol. The van der Waals surface area contributed by atoms with E-state index in [-0.39, 0.29) is 6.04 Å². The molecule has 4 rings (SSSR count). The van der Waals surface area contributed by atoms with E-state index in [1.807, 2.05) is 13.0 Å². The largest absolute Gasteiger partial charge is 0.492 e. The molecular formula is C23H24F3N5O2S. The fraction of sp³-hybridized carbons (Fsp3) is 0.391. The number of thiazole rings is 1. The van der Waals surface area contributed by atoms with Gasteiger partial charge in [-0.25, -0.2) is 15.0 Å². The fourth-order valence-corrected chi connectivity index (χ4v) is 4.34. The number of halogens is 3. The predicted molar refractivity (Wildman–Crippen MR) is 122 cm³/mol. The summed E-state index contributed by atoms with van der Waals surface area (Å²) in [7, 11) is 0. The number of rotatable bonds is 7. The van der Waals surface area contributed by atoms with Crippen LogP contribution in [0.1, 0.15) is 52.4 Å². The third-order valence-electron chi connectivity index (χ3n) is 5.42. The van der Waals surface area contributed by atoms with Crippen molar-refractivity contribution in [2.75, 3.05) is 13.2 Å². The van der Waals surface area contributed by atoms with Gasteiger partial charge in [-0.1, -0.05) is 0 Å². The van der Waals surface area contributed by atoms with Gasteiger partial charge in [0.2, 0.25) is 5.82 Å². The quantitative estimate of drug-likeness (QED) is 0.504. The molecular weight excluding hydrogens is 467 g/mol. The molecule has 1 unspecified atom stereocenters. The Morgan fingerprint density at radius 1 is 1.24 bits per heavy atom. The normalized spacial score (nSPS) is 16.9. The Morgan fingerprint density at radius 3 is 2.62 bits per heavy atom. The number of hydrogen-bond donors (Lipinski definition) is 2. The summed E-state index contributed by atoms with van der Waals surface area (Å²) >= 11 is 1.51. The lowest BCUT2D eigenvalue weighted by molar-refractivity contribution is -0.145. The molecule has 2 N–H and O–H groups in total. The van der Waals surface area contributed by atoms with Crippen LogP contribution in [0.15, 0.2) is 36.8 Å². The van der Waals surface area contributed by atoms with E-state index < -0.39 is 23.9 Å². The minimum atomic E-state index is -4.62. The topological polar surface area (TPSA) is 89.0 Å². The molecule has 2 aromatic heterocycles. The third-order valence-corrected chi connectivity index (χ3v) is 6.39. The molecule has 0 aliphatic carbocycles. The van der Waals surface area contributed by atoms with Crippen LogP contribution >= 0.6 is 11.3 Å². The summed E-state index contributed by atoms with van der Waals surface area (Å²) in [6.07, 6.45) is 1.42. The van der Waals surface area contributed by atoms with Crippen molar-refractivity contribution in [1.82, 2.24) is 25.6 Å². The van der Waals surface area contributed by atoms with Crippen molar-refractivity contribution in [1.29, 1.82) is 0 Å². The molecule has 0 bridgehead atoms. The molecule has 2 atom stereocenters. The monoisotopic (exact) mass is 491 g/mol. The van der Waals surface area contributed by atoms with Crippen LogP contribution < -0.4 is 15.4 Å². The number of alkyl halides is 3. The number of benzene rings is 1.